The van der Waals surface area contributed by atoms with Gasteiger partial charge in [-0.2, -0.15) is 0 Å². The number of fused-ring (bicyclic) bond motifs is 3. The highest BCUT2D eigenvalue weighted by molar-refractivity contribution is 5.85. The predicted octanol–water partition coefficient (Wildman–Crippen LogP) is 6.76. The molecule has 0 saturated carbocycles. The number of aromatic nitrogens is 2. The second-order valence-electron chi connectivity index (χ2n) is 7.48. The maximum absolute atomic E-state index is 3.35. The molecule has 4 aromatic rings. The first kappa shape index (κ1) is 16.2. The fraction of sp³-hybridized carbons (Fsp3) is 0.200. The number of benzene rings is 2. The van der Waals surface area contributed by atoms with E-state index in [0.29, 0.717) is 0 Å². The average molecular weight is 352 g/mol. The molecule has 2 heteroatoms. The van der Waals surface area contributed by atoms with Gasteiger partial charge in [0.05, 0.1) is 0 Å². The van der Waals surface area contributed by atoms with Crippen LogP contribution < -0.4 is 0 Å². The van der Waals surface area contributed by atoms with Gasteiger partial charge in [-0.25, -0.2) is 0 Å². The molecule has 2 N–H and O–H groups in total. The molecule has 0 aliphatic heterocycles. The van der Waals surface area contributed by atoms with Crippen LogP contribution in [-0.2, 0) is 5.41 Å². The van der Waals surface area contributed by atoms with Crippen LogP contribution in [0.1, 0.15) is 37.8 Å². The summed E-state index contributed by atoms with van der Waals surface area (Å²) in [4.78, 5) is 6.71. The SMILES string of the molecule is CCC1(CC)c2cc(-c3ccc[nH]3)ccc2-c2ccc(-c3ccc[nH]3)cc21. The Hall–Kier alpha value is -3.00. The zero-order valence-electron chi connectivity index (χ0n) is 15.8. The van der Waals surface area contributed by atoms with Crippen molar-refractivity contribution in [2.45, 2.75) is 32.1 Å². The molecular weight excluding hydrogens is 328 g/mol. The first-order valence-corrected chi connectivity index (χ1v) is 9.84. The van der Waals surface area contributed by atoms with E-state index in [4.69, 9.17) is 0 Å². The van der Waals surface area contributed by atoms with Crippen LogP contribution in [0.2, 0.25) is 0 Å². The quantitative estimate of drug-likeness (QED) is 0.406. The zero-order chi connectivity index (χ0) is 18.4. The van der Waals surface area contributed by atoms with Crippen LogP contribution in [0.3, 0.4) is 0 Å². The molecule has 0 radical (unpaired) electrons. The molecule has 2 aromatic heterocycles. The number of H-pyrrole nitrogens is 2. The average Bonchev–Trinajstić information content (AvgIpc) is 3.46. The Bertz CT molecular complexity index is 996. The minimum atomic E-state index is 0.0792. The van der Waals surface area contributed by atoms with E-state index in [1.165, 1.54) is 44.8 Å². The molecule has 1 aliphatic rings. The summed E-state index contributed by atoms with van der Waals surface area (Å²) in [5, 5.41) is 0. The summed E-state index contributed by atoms with van der Waals surface area (Å²) in [6.45, 7) is 4.65. The van der Waals surface area contributed by atoms with Crippen LogP contribution in [0.5, 0.6) is 0 Å². The third-order valence-electron chi connectivity index (χ3n) is 6.39. The second-order valence-corrected chi connectivity index (χ2v) is 7.48. The second kappa shape index (κ2) is 6.02. The first-order valence-electron chi connectivity index (χ1n) is 9.84. The Labute approximate surface area is 160 Å². The lowest BCUT2D eigenvalue weighted by Gasteiger charge is -2.30. The molecule has 0 spiro atoms. The fourth-order valence-corrected chi connectivity index (χ4v) is 4.86. The van der Waals surface area contributed by atoms with Crippen LogP contribution in [0, 0.1) is 0 Å². The van der Waals surface area contributed by atoms with Gasteiger partial charge in [-0.1, -0.05) is 38.1 Å². The zero-order valence-corrected chi connectivity index (χ0v) is 15.8. The monoisotopic (exact) mass is 352 g/mol. The van der Waals surface area contributed by atoms with Gasteiger partial charge in [0.2, 0.25) is 0 Å². The van der Waals surface area contributed by atoms with Gasteiger partial charge in [-0.15, -0.1) is 0 Å². The van der Waals surface area contributed by atoms with E-state index >= 15 is 0 Å². The van der Waals surface area contributed by atoms with Crippen molar-refractivity contribution in [3.63, 3.8) is 0 Å². The Morgan fingerprint density at radius 2 is 1.15 bits per heavy atom. The van der Waals surface area contributed by atoms with Crippen molar-refractivity contribution in [1.82, 2.24) is 9.97 Å². The topological polar surface area (TPSA) is 31.6 Å². The van der Waals surface area contributed by atoms with E-state index in [-0.39, 0.29) is 5.41 Å². The molecule has 1 aliphatic carbocycles. The Morgan fingerprint density at radius 1 is 0.667 bits per heavy atom. The largest absolute Gasteiger partial charge is 0.361 e. The van der Waals surface area contributed by atoms with Crippen molar-refractivity contribution < 1.29 is 0 Å². The van der Waals surface area contributed by atoms with Crippen molar-refractivity contribution in [2.75, 3.05) is 0 Å². The van der Waals surface area contributed by atoms with E-state index < -0.39 is 0 Å². The Kier molecular flexibility index (Phi) is 3.61. The minimum absolute atomic E-state index is 0.0792. The third-order valence-corrected chi connectivity index (χ3v) is 6.39. The van der Waals surface area contributed by atoms with Gasteiger partial charge < -0.3 is 9.97 Å². The molecule has 5 rings (SSSR count). The number of hydrogen-bond donors (Lipinski definition) is 2. The summed E-state index contributed by atoms with van der Waals surface area (Å²) < 4.78 is 0. The van der Waals surface area contributed by atoms with Gasteiger partial charge in [-0.05, 0) is 82.6 Å². The van der Waals surface area contributed by atoms with Gasteiger partial charge in [-0.3, -0.25) is 0 Å². The van der Waals surface area contributed by atoms with Crippen LogP contribution in [0.25, 0.3) is 33.6 Å². The summed E-state index contributed by atoms with van der Waals surface area (Å²) in [5.74, 6) is 0. The minimum Gasteiger partial charge on any atom is -0.361 e. The normalized spacial score (nSPS) is 14.1. The highest BCUT2D eigenvalue weighted by Crippen LogP contribution is 2.54. The van der Waals surface area contributed by atoms with Gasteiger partial charge in [0.1, 0.15) is 0 Å². The van der Waals surface area contributed by atoms with Crippen molar-refractivity contribution in [3.8, 4) is 33.6 Å². The van der Waals surface area contributed by atoms with Crippen LogP contribution in [-0.4, -0.2) is 9.97 Å². The molecule has 0 amide bonds. The number of rotatable bonds is 4. The highest BCUT2D eigenvalue weighted by atomic mass is 14.7. The molecule has 0 fully saturated rings. The van der Waals surface area contributed by atoms with E-state index in [1.807, 2.05) is 12.4 Å². The van der Waals surface area contributed by atoms with Crippen LogP contribution in [0.15, 0.2) is 73.1 Å². The fourth-order valence-electron chi connectivity index (χ4n) is 4.86. The van der Waals surface area contributed by atoms with Crippen molar-refractivity contribution in [2.24, 2.45) is 0 Å². The van der Waals surface area contributed by atoms with Gasteiger partial charge in [0.25, 0.3) is 0 Å². The van der Waals surface area contributed by atoms with Gasteiger partial charge in [0, 0.05) is 29.2 Å². The lowest BCUT2D eigenvalue weighted by atomic mass is 9.73. The molecule has 134 valence electrons. The molecule has 2 aromatic carbocycles. The summed E-state index contributed by atoms with van der Waals surface area (Å²) in [6.07, 6.45) is 6.19. The maximum Gasteiger partial charge on any atom is 0.0453 e. The van der Waals surface area contributed by atoms with Crippen molar-refractivity contribution in [1.29, 1.82) is 0 Å². The molecule has 2 nitrogen and oxygen atoms in total. The number of aromatic amines is 2. The Balaban J connectivity index is 1.73. The molecule has 0 unspecified atom stereocenters. The van der Waals surface area contributed by atoms with Gasteiger partial charge in [0.15, 0.2) is 0 Å². The third kappa shape index (κ3) is 2.26. The van der Waals surface area contributed by atoms with E-state index in [2.05, 4.69) is 84.5 Å². The predicted molar refractivity (Wildman–Crippen MR) is 113 cm³/mol. The van der Waals surface area contributed by atoms with Crippen LogP contribution in [0.4, 0.5) is 0 Å². The smallest absolute Gasteiger partial charge is 0.0453 e. The first-order chi connectivity index (χ1) is 13.3. The van der Waals surface area contributed by atoms with E-state index in [1.54, 1.807) is 0 Å². The van der Waals surface area contributed by atoms with Crippen molar-refractivity contribution >= 4 is 0 Å². The molecule has 0 bridgehead atoms. The highest BCUT2D eigenvalue weighted by Gasteiger charge is 2.40. The standard InChI is InChI=1S/C25H24N2/c1-3-25(4-2)21-15-17(23-7-5-13-26-23)9-11-19(21)20-12-10-18(16-22(20)25)24-8-6-14-27-24/h5-16,26-27H,3-4H2,1-2H3. The molecule has 27 heavy (non-hydrogen) atoms. The lowest BCUT2D eigenvalue weighted by molar-refractivity contribution is 0.490. The van der Waals surface area contributed by atoms with Crippen LogP contribution >= 0.6 is 0 Å². The molecular formula is C25H24N2. The molecule has 0 saturated heterocycles. The van der Waals surface area contributed by atoms with Crippen molar-refractivity contribution in [3.05, 3.63) is 84.2 Å². The summed E-state index contributed by atoms with van der Waals surface area (Å²) >= 11 is 0. The van der Waals surface area contributed by atoms with Gasteiger partial charge >= 0.3 is 0 Å². The maximum atomic E-state index is 3.35. The summed E-state index contributed by atoms with van der Waals surface area (Å²) in [5.41, 5.74) is 10.7. The Morgan fingerprint density at radius 3 is 1.52 bits per heavy atom. The molecule has 0 atom stereocenters. The van der Waals surface area contributed by atoms with E-state index in [9.17, 15) is 0 Å². The summed E-state index contributed by atoms with van der Waals surface area (Å²) in [6, 6.07) is 22.3. The number of nitrogens with one attached hydrogen (secondary N) is 2. The lowest BCUT2D eigenvalue weighted by Crippen LogP contribution is -2.23. The number of hydrogen-bond acceptors (Lipinski definition) is 0. The molecule has 2 heterocycles. The summed E-state index contributed by atoms with van der Waals surface area (Å²) in [7, 11) is 0. The van der Waals surface area contributed by atoms with E-state index in [0.717, 1.165) is 12.8 Å².